The lowest BCUT2D eigenvalue weighted by Gasteiger charge is -2.13. The number of hydrogen-bond acceptors (Lipinski definition) is 3. The summed E-state index contributed by atoms with van der Waals surface area (Å²) in [7, 11) is 0. The van der Waals surface area contributed by atoms with Crippen molar-refractivity contribution in [3.05, 3.63) is 34.9 Å². The summed E-state index contributed by atoms with van der Waals surface area (Å²) in [5, 5.41) is 18.7. The van der Waals surface area contributed by atoms with Crippen LogP contribution in [-0.4, -0.2) is 22.2 Å². The van der Waals surface area contributed by atoms with Crippen LogP contribution in [-0.2, 0) is 4.79 Å². The van der Waals surface area contributed by atoms with Crippen molar-refractivity contribution in [2.24, 2.45) is 5.73 Å². The predicted molar refractivity (Wildman–Crippen MR) is 56.6 cm³/mol. The molecule has 0 aliphatic heterocycles. The summed E-state index contributed by atoms with van der Waals surface area (Å²) in [4.78, 5) is 10.5. The van der Waals surface area contributed by atoms with Crippen LogP contribution in [0, 0.1) is 0 Å². The highest BCUT2D eigenvalue weighted by molar-refractivity contribution is 6.30. The zero-order valence-corrected chi connectivity index (χ0v) is 8.69. The Morgan fingerprint density at radius 2 is 2.20 bits per heavy atom. The monoisotopic (exact) mass is 229 g/mol. The summed E-state index contributed by atoms with van der Waals surface area (Å²) in [6, 6.07) is 5.55. The van der Waals surface area contributed by atoms with Gasteiger partial charge in [-0.3, -0.25) is 4.79 Å². The Hall–Kier alpha value is -1.10. The van der Waals surface area contributed by atoms with Gasteiger partial charge in [-0.15, -0.1) is 0 Å². The van der Waals surface area contributed by atoms with Crippen LogP contribution < -0.4 is 5.73 Å². The minimum atomic E-state index is -1.13. The first kappa shape index (κ1) is 12.0. The first-order valence-electron chi connectivity index (χ1n) is 4.42. The van der Waals surface area contributed by atoms with Crippen molar-refractivity contribution in [3.63, 3.8) is 0 Å². The summed E-state index contributed by atoms with van der Waals surface area (Å²) in [6.45, 7) is 0. The molecular weight excluding hydrogens is 218 g/mol. The number of benzene rings is 1. The molecule has 0 saturated carbocycles. The van der Waals surface area contributed by atoms with Gasteiger partial charge in [-0.1, -0.05) is 23.7 Å². The summed E-state index contributed by atoms with van der Waals surface area (Å²) >= 11 is 5.73. The van der Waals surface area contributed by atoms with Crippen molar-refractivity contribution in [2.45, 2.75) is 18.6 Å². The lowest BCUT2D eigenvalue weighted by atomic mass is 10.0. The van der Waals surface area contributed by atoms with Crippen molar-refractivity contribution in [1.82, 2.24) is 0 Å². The summed E-state index contributed by atoms with van der Waals surface area (Å²) < 4.78 is 0. The first-order valence-corrected chi connectivity index (χ1v) is 4.80. The molecule has 0 amide bonds. The van der Waals surface area contributed by atoms with E-state index in [0.717, 1.165) is 0 Å². The Kier molecular flexibility index (Phi) is 4.08. The summed E-state index contributed by atoms with van der Waals surface area (Å²) in [5.41, 5.74) is 5.87. The van der Waals surface area contributed by atoms with Crippen LogP contribution >= 0.6 is 11.6 Å². The van der Waals surface area contributed by atoms with E-state index in [9.17, 15) is 9.90 Å². The van der Waals surface area contributed by atoms with Gasteiger partial charge in [0.25, 0.3) is 0 Å². The molecule has 15 heavy (non-hydrogen) atoms. The predicted octanol–water partition coefficient (Wildman–Crippen LogP) is 1.18. The van der Waals surface area contributed by atoms with Crippen LogP contribution in [0.4, 0.5) is 0 Å². The maximum atomic E-state index is 10.5. The molecule has 0 heterocycles. The quantitative estimate of drug-likeness (QED) is 0.724. The van der Waals surface area contributed by atoms with E-state index in [4.69, 9.17) is 22.4 Å². The molecule has 0 aliphatic rings. The third-order valence-corrected chi connectivity index (χ3v) is 2.26. The van der Waals surface area contributed by atoms with E-state index in [1.165, 1.54) is 0 Å². The van der Waals surface area contributed by atoms with Crippen molar-refractivity contribution >= 4 is 17.6 Å². The SMILES string of the molecule is NC(CC(O)c1cccc(Cl)c1)C(=O)O. The molecule has 4 N–H and O–H groups in total. The van der Waals surface area contributed by atoms with Crippen LogP contribution in [0.3, 0.4) is 0 Å². The van der Waals surface area contributed by atoms with Crippen LogP contribution in [0.5, 0.6) is 0 Å². The molecule has 1 rings (SSSR count). The van der Waals surface area contributed by atoms with Crippen LogP contribution in [0.1, 0.15) is 18.1 Å². The average Bonchev–Trinajstić information content (AvgIpc) is 2.17. The maximum Gasteiger partial charge on any atom is 0.320 e. The molecule has 82 valence electrons. The number of carboxylic acid groups (broad SMARTS) is 1. The van der Waals surface area contributed by atoms with E-state index in [1.807, 2.05) is 0 Å². The Balaban J connectivity index is 2.68. The minimum Gasteiger partial charge on any atom is -0.480 e. The lowest BCUT2D eigenvalue weighted by Crippen LogP contribution is -2.31. The Morgan fingerprint density at radius 3 is 2.73 bits per heavy atom. The van der Waals surface area contributed by atoms with Gasteiger partial charge in [0, 0.05) is 11.4 Å². The number of nitrogens with two attached hydrogens (primary N) is 1. The second-order valence-electron chi connectivity index (χ2n) is 3.25. The largest absolute Gasteiger partial charge is 0.480 e. The number of aliphatic hydroxyl groups is 1. The fourth-order valence-electron chi connectivity index (χ4n) is 1.19. The summed E-state index contributed by atoms with van der Waals surface area (Å²) in [6.07, 6.45) is -0.940. The van der Waals surface area contributed by atoms with E-state index >= 15 is 0 Å². The molecule has 0 radical (unpaired) electrons. The van der Waals surface area contributed by atoms with E-state index < -0.39 is 18.1 Å². The van der Waals surface area contributed by atoms with Gasteiger partial charge in [0.2, 0.25) is 0 Å². The molecule has 1 aromatic rings. The van der Waals surface area contributed by atoms with Crippen LogP contribution in [0.25, 0.3) is 0 Å². The summed E-state index contributed by atoms with van der Waals surface area (Å²) in [5.74, 6) is -1.13. The molecule has 0 aliphatic carbocycles. The number of rotatable bonds is 4. The smallest absolute Gasteiger partial charge is 0.320 e. The number of carboxylic acids is 1. The van der Waals surface area contributed by atoms with Crippen LogP contribution in [0.2, 0.25) is 5.02 Å². The molecule has 0 aromatic heterocycles. The molecule has 4 nitrogen and oxygen atoms in total. The van der Waals surface area contributed by atoms with Crippen molar-refractivity contribution in [3.8, 4) is 0 Å². The molecule has 2 unspecified atom stereocenters. The van der Waals surface area contributed by atoms with Gasteiger partial charge < -0.3 is 15.9 Å². The van der Waals surface area contributed by atoms with Gasteiger partial charge in [0.1, 0.15) is 6.04 Å². The van der Waals surface area contributed by atoms with Crippen molar-refractivity contribution in [1.29, 1.82) is 0 Å². The molecule has 0 spiro atoms. The highest BCUT2D eigenvalue weighted by atomic mass is 35.5. The first-order chi connectivity index (χ1) is 7.00. The van der Waals surface area contributed by atoms with Crippen LogP contribution in [0.15, 0.2) is 24.3 Å². The third kappa shape index (κ3) is 3.51. The zero-order valence-electron chi connectivity index (χ0n) is 7.93. The molecule has 5 heteroatoms. The number of aliphatic hydroxyl groups excluding tert-OH is 1. The Morgan fingerprint density at radius 1 is 1.53 bits per heavy atom. The zero-order chi connectivity index (χ0) is 11.4. The van der Waals surface area contributed by atoms with Gasteiger partial charge in [-0.25, -0.2) is 0 Å². The fraction of sp³-hybridized carbons (Fsp3) is 0.300. The Bertz CT molecular complexity index is 356. The molecular formula is C10H12ClNO3. The molecule has 0 bridgehead atoms. The van der Waals surface area contributed by atoms with E-state index in [-0.39, 0.29) is 6.42 Å². The number of hydrogen-bond donors (Lipinski definition) is 3. The Labute approximate surface area is 92.3 Å². The van der Waals surface area contributed by atoms with Gasteiger partial charge >= 0.3 is 5.97 Å². The highest BCUT2D eigenvalue weighted by Crippen LogP contribution is 2.20. The molecule has 2 atom stereocenters. The van der Waals surface area contributed by atoms with Gasteiger partial charge in [0.15, 0.2) is 0 Å². The number of halogens is 1. The number of carbonyl (C=O) groups is 1. The van der Waals surface area contributed by atoms with E-state index in [2.05, 4.69) is 0 Å². The average molecular weight is 230 g/mol. The van der Waals surface area contributed by atoms with Gasteiger partial charge in [-0.05, 0) is 17.7 Å². The van der Waals surface area contributed by atoms with Crippen molar-refractivity contribution < 1.29 is 15.0 Å². The molecule has 0 saturated heterocycles. The third-order valence-electron chi connectivity index (χ3n) is 2.03. The number of aliphatic carboxylic acids is 1. The van der Waals surface area contributed by atoms with E-state index in [0.29, 0.717) is 10.6 Å². The highest BCUT2D eigenvalue weighted by Gasteiger charge is 2.18. The second-order valence-corrected chi connectivity index (χ2v) is 3.69. The molecule has 1 aromatic carbocycles. The lowest BCUT2D eigenvalue weighted by molar-refractivity contribution is -0.139. The topological polar surface area (TPSA) is 83.5 Å². The second kappa shape index (κ2) is 5.11. The maximum absolute atomic E-state index is 10.5. The molecule has 0 fully saturated rings. The fourth-order valence-corrected chi connectivity index (χ4v) is 1.39. The van der Waals surface area contributed by atoms with Gasteiger partial charge in [0.05, 0.1) is 6.10 Å². The standard InChI is InChI=1S/C10H12ClNO3/c11-7-3-1-2-6(4-7)9(13)5-8(12)10(14)15/h1-4,8-9,13H,5,12H2,(H,14,15). The van der Waals surface area contributed by atoms with Crippen molar-refractivity contribution in [2.75, 3.05) is 0 Å². The van der Waals surface area contributed by atoms with E-state index in [1.54, 1.807) is 24.3 Å². The normalized spacial score (nSPS) is 14.6. The minimum absolute atomic E-state index is 0.0321. The van der Waals surface area contributed by atoms with Gasteiger partial charge in [-0.2, -0.15) is 0 Å².